The Morgan fingerprint density at radius 3 is 2.59 bits per heavy atom. The Kier molecular flexibility index (Phi) is 5.78. The second-order valence-corrected chi connectivity index (χ2v) is 5.49. The van der Waals surface area contributed by atoms with Crippen molar-refractivity contribution in [3.63, 3.8) is 0 Å². The molecule has 27 heavy (non-hydrogen) atoms. The van der Waals surface area contributed by atoms with Gasteiger partial charge in [-0.05, 0) is 24.3 Å². The van der Waals surface area contributed by atoms with E-state index < -0.39 is 0 Å². The van der Waals surface area contributed by atoms with Gasteiger partial charge in [-0.15, -0.1) is 0 Å². The number of carbonyl (C=O) groups is 1. The Hall–Kier alpha value is -3.68. The van der Waals surface area contributed by atoms with Crippen molar-refractivity contribution < 1.29 is 14.3 Å². The number of pyridine rings is 1. The summed E-state index contributed by atoms with van der Waals surface area (Å²) in [4.78, 5) is 24.7. The minimum absolute atomic E-state index is 0.254. The lowest BCUT2D eigenvalue weighted by atomic mass is 10.2. The molecule has 0 fully saturated rings. The third kappa shape index (κ3) is 4.69. The molecule has 138 valence electrons. The van der Waals surface area contributed by atoms with Gasteiger partial charge in [-0.25, -0.2) is 9.97 Å². The molecule has 0 aliphatic heterocycles. The lowest BCUT2D eigenvalue weighted by Gasteiger charge is -2.11. The van der Waals surface area contributed by atoms with E-state index in [1.807, 2.05) is 24.3 Å². The minimum Gasteiger partial charge on any atom is -0.493 e. The van der Waals surface area contributed by atoms with Crippen LogP contribution in [0.15, 0.2) is 55.0 Å². The van der Waals surface area contributed by atoms with Gasteiger partial charge in [0.2, 0.25) is 0 Å². The van der Waals surface area contributed by atoms with E-state index in [9.17, 15) is 4.79 Å². The summed E-state index contributed by atoms with van der Waals surface area (Å²) in [5.74, 6) is 1.39. The number of amides is 1. The number of benzene rings is 1. The molecule has 0 radical (unpaired) electrons. The standard InChI is InChI=1S/C19H19N5O3/c1-26-16-7-6-13(9-17(16)27-2)24-18-10-15(22-12-23-18)19(25)21-11-14-5-3-4-8-20-14/h3-10,12H,11H2,1-2H3,(H,21,25)(H,22,23,24). The van der Waals surface area contributed by atoms with Gasteiger partial charge in [-0.2, -0.15) is 0 Å². The van der Waals surface area contributed by atoms with Crippen LogP contribution in [0.3, 0.4) is 0 Å². The number of hydrogen-bond acceptors (Lipinski definition) is 7. The zero-order chi connectivity index (χ0) is 19.1. The van der Waals surface area contributed by atoms with Crippen molar-refractivity contribution in [3.05, 3.63) is 66.4 Å². The van der Waals surface area contributed by atoms with Crippen LogP contribution >= 0.6 is 0 Å². The Morgan fingerprint density at radius 1 is 1.00 bits per heavy atom. The van der Waals surface area contributed by atoms with Crippen LogP contribution in [0.4, 0.5) is 11.5 Å². The fourth-order valence-electron chi connectivity index (χ4n) is 2.38. The molecule has 0 spiro atoms. The van der Waals surface area contributed by atoms with E-state index in [1.54, 1.807) is 38.6 Å². The monoisotopic (exact) mass is 365 g/mol. The predicted molar refractivity (Wildman–Crippen MR) is 100 cm³/mol. The lowest BCUT2D eigenvalue weighted by Crippen LogP contribution is -2.24. The molecular weight excluding hydrogens is 346 g/mol. The Morgan fingerprint density at radius 2 is 1.85 bits per heavy atom. The zero-order valence-corrected chi connectivity index (χ0v) is 15.0. The summed E-state index contributed by atoms with van der Waals surface area (Å²) in [5, 5.41) is 5.90. The van der Waals surface area contributed by atoms with Crippen molar-refractivity contribution in [2.45, 2.75) is 6.54 Å². The normalized spacial score (nSPS) is 10.1. The molecule has 8 nitrogen and oxygen atoms in total. The number of ether oxygens (including phenoxy) is 2. The molecule has 0 aliphatic rings. The highest BCUT2D eigenvalue weighted by molar-refractivity contribution is 5.92. The number of nitrogens with zero attached hydrogens (tertiary/aromatic N) is 3. The zero-order valence-electron chi connectivity index (χ0n) is 15.0. The molecule has 0 aliphatic carbocycles. The highest BCUT2D eigenvalue weighted by Crippen LogP contribution is 2.30. The van der Waals surface area contributed by atoms with Crippen LogP contribution in [-0.4, -0.2) is 35.1 Å². The SMILES string of the molecule is COc1ccc(Nc2cc(C(=O)NCc3ccccn3)ncn2)cc1OC. The highest BCUT2D eigenvalue weighted by Gasteiger charge is 2.10. The first-order valence-electron chi connectivity index (χ1n) is 8.19. The van der Waals surface area contributed by atoms with Crippen LogP contribution in [0, 0.1) is 0 Å². The summed E-state index contributed by atoms with van der Waals surface area (Å²) >= 11 is 0. The molecule has 1 amide bonds. The molecule has 2 N–H and O–H groups in total. The average molecular weight is 365 g/mol. The maximum absolute atomic E-state index is 12.3. The number of aromatic nitrogens is 3. The molecule has 0 saturated carbocycles. The summed E-state index contributed by atoms with van der Waals surface area (Å²) < 4.78 is 10.5. The first-order chi connectivity index (χ1) is 13.2. The van der Waals surface area contributed by atoms with Gasteiger partial charge in [-0.1, -0.05) is 6.07 Å². The van der Waals surface area contributed by atoms with Gasteiger partial charge in [0.05, 0.1) is 26.5 Å². The van der Waals surface area contributed by atoms with Crippen LogP contribution in [0.1, 0.15) is 16.2 Å². The number of methoxy groups -OCH3 is 2. The molecule has 3 aromatic rings. The molecule has 0 unspecified atom stereocenters. The first kappa shape index (κ1) is 18.1. The molecule has 0 bridgehead atoms. The van der Waals surface area contributed by atoms with Crippen LogP contribution in [-0.2, 0) is 6.54 Å². The lowest BCUT2D eigenvalue weighted by molar-refractivity contribution is 0.0945. The van der Waals surface area contributed by atoms with Crippen molar-refractivity contribution in [1.82, 2.24) is 20.3 Å². The van der Waals surface area contributed by atoms with Crippen LogP contribution < -0.4 is 20.1 Å². The van der Waals surface area contributed by atoms with Gasteiger partial charge in [0.25, 0.3) is 5.91 Å². The van der Waals surface area contributed by atoms with Gasteiger partial charge in [-0.3, -0.25) is 9.78 Å². The van der Waals surface area contributed by atoms with E-state index in [0.717, 1.165) is 11.4 Å². The molecular formula is C19H19N5O3. The number of carbonyl (C=O) groups excluding carboxylic acids is 1. The number of hydrogen-bond donors (Lipinski definition) is 2. The van der Waals surface area contributed by atoms with Crippen molar-refractivity contribution in [2.24, 2.45) is 0 Å². The topological polar surface area (TPSA) is 98.3 Å². The van der Waals surface area contributed by atoms with Gasteiger partial charge < -0.3 is 20.1 Å². The summed E-state index contributed by atoms with van der Waals surface area (Å²) in [6.45, 7) is 0.322. The second-order valence-electron chi connectivity index (χ2n) is 5.49. The van der Waals surface area contributed by atoms with Crippen molar-refractivity contribution >= 4 is 17.4 Å². The van der Waals surface area contributed by atoms with Crippen molar-refractivity contribution in [1.29, 1.82) is 0 Å². The Bertz CT molecular complexity index is 918. The molecule has 2 heterocycles. The summed E-state index contributed by atoms with van der Waals surface area (Å²) in [7, 11) is 3.14. The van der Waals surface area contributed by atoms with Crippen LogP contribution in [0.2, 0.25) is 0 Å². The maximum atomic E-state index is 12.3. The van der Waals surface area contributed by atoms with E-state index in [2.05, 4.69) is 25.6 Å². The van der Waals surface area contributed by atoms with Gasteiger partial charge in [0.1, 0.15) is 17.8 Å². The molecule has 3 rings (SSSR count). The average Bonchev–Trinajstić information content (AvgIpc) is 2.73. The second kappa shape index (κ2) is 8.61. The molecule has 2 aromatic heterocycles. The van der Waals surface area contributed by atoms with Gasteiger partial charge >= 0.3 is 0 Å². The van der Waals surface area contributed by atoms with Crippen molar-refractivity contribution in [3.8, 4) is 11.5 Å². The number of anilines is 2. The molecule has 0 saturated heterocycles. The Balaban J connectivity index is 1.69. The summed E-state index contributed by atoms with van der Waals surface area (Å²) in [5.41, 5.74) is 1.76. The molecule has 8 heteroatoms. The largest absolute Gasteiger partial charge is 0.493 e. The molecule has 1 aromatic carbocycles. The third-order valence-electron chi connectivity index (χ3n) is 3.71. The fraction of sp³-hybridized carbons (Fsp3) is 0.158. The molecule has 0 atom stereocenters. The van der Waals surface area contributed by atoms with E-state index in [1.165, 1.54) is 6.33 Å². The predicted octanol–water partition coefficient (Wildman–Crippen LogP) is 2.56. The third-order valence-corrected chi connectivity index (χ3v) is 3.71. The van der Waals surface area contributed by atoms with Crippen molar-refractivity contribution in [2.75, 3.05) is 19.5 Å². The summed E-state index contributed by atoms with van der Waals surface area (Å²) in [6, 6.07) is 12.5. The highest BCUT2D eigenvalue weighted by atomic mass is 16.5. The minimum atomic E-state index is -0.307. The quantitative estimate of drug-likeness (QED) is 0.664. The van der Waals surface area contributed by atoms with E-state index in [4.69, 9.17) is 9.47 Å². The van der Waals surface area contributed by atoms with E-state index in [0.29, 0.717) is 23.9 Å². The number of rotatable bonds is 7. The Labute approximate surface area is 156 Å². The van der Waals surface area contributed by atoms with Gasteiger partial charge in [0, 0.05) is 24.0 Å². The smallest absolute Gasteiger partial charge is 0.270 e. The van der Waals surface area contributed by atoms with E-state index >= 15 is 0 Å². The number of nitrogens with one attached hydrogen (secondary N) is 2. The van der Waals surface area contributed by atoms with Crippen LogP contribution in [0.5, 0.6) is 11.5 Å². The fourth-order valence-corrected chi connectivity index (χ4v) is 2.38. The van der Waals surface area contributed by atoms with Crippen LogP contribution in [0.25, 0.3) is 0 Å². The maximum Gasteiger partial charge on any atom is 0.270 e. The first-order valence-corrected chi connectivity index (χ1v) is 8.19. The summed E-state index contributed by atoms with van der Waals surface area (Å²) in [6.07, 6.45) is 3.01. The van der Waals surface area contributed by atoms with E-state index in [-0.39, 0.29) is 11.6 Å². The van der Waals surface area contributed by atoms with Gasteiger partial charge in [0.15, 0.2) is 11.5 Å².